The van der Waals surface area contributed by atoms with Crippen LogP contribution in [0, 0.1) is 0 Å². The lowest BCUT2D eigenvalue weighted by molar-refractivity contribution is 0.672. The van der Waals surface area contributed by atoms with Gasteiger partial charge in [-0.2, -0.15) is 0 Å². The van der Waals surface area contributed by atoms with Gasteiger partial charge in [-0.25, -0.2) is 0 Å². The molecule has 0 unspecified atom stereocenters. The molecule has 54 heavy (non-hydrogen) atoms. The van der Waals surface area contributed by atoms with Gasteiger partial charge in [-0.05, 0) is 92.8 Å². The van der Waals surface area contributed by atoms with Gasteiger partial charge in [0.05, 0.1) is 23.5 Å². The fraction of sp³-hybridized carbons (Fsp3) is 0. The molecule has 2 nitrogen and oxygen atoms in total. The molecule has 0 radical (unpaired) electrons. The predicted molar refractivity (Wildman–Crippen MR) is 228 cm³/mol. The maximum atomic E-state index is 9.63. The molecule has 254 valence electrons. The predicted octanol–water partition coefficient (Wildman–Crippen LogP) is 14.9. The van der Waals surface area contributed by atoms with Crippen molar-refractivity contribution in [2.75, 3.05) is 4.90 Å². The number of furan rings is 1. The van der Waals surface area contributed by atoms with Gasteiger partial charge in [0.15, 0.2) is 0 Å². The van der Waals surface area contributed by atoms with E-state index < -0.39 is 101 Å². The molecule has 9 aromatic carbocycles. The van der Waals surface area contributed by atoms with Gasteiger partial charge in [0, 0.05) is 33.1 Å². The van der Waals surface area contributed by atoms with E-state index in [-0.39, 0.29) is 5.69 Å². The number of benzene rings is 9. The van der Waals surface area contributed by atoms with Crippen LogP contribution in [0.15, 0.2) is 216 Å². The van der Waals surface area contributed by atoms with Crippen LogP contribution < -0.4 is 4.90 Å². The molecule has 0 aliphatic heterocycles. The first kappa shape index (κ1) is 20.8. The van der Waals surface area contributed by atoms with E-state index in [0.717, 1.165) is 43.8 Å². The molecule has 2 heteroatoms. The summed E-state index contributed by atoms with van der Waals surface area (Å²) in [5, 5.41) is 3.82. The highest BCUT2D eigenvalue weighted by atomic mass is 16.3. The van der Waals surface area contributed by atoms with E-state index >= 15 is 0 Å². The molecule has 0 fully saturated rings. The molecule has 0 aliphatic rings. The summed E-state index contributed by atoms with van der Waals surface area (Å²) in [6, 6.07) is 33.5. The maximum Gasteiger partial charge on any atom is 0.143 e. The molecule has 0 aliphatic carbocycles. The van der Waals surface area contributed by atoms with Gasteiger partial charge in [0.1, 0.15) is 11.2 Å². The molecule has 0 saturated heterocycles. The standard InChI is InChI=1S/C52H35NO/c1-3-11-36(12-4-1)38-19-21-39(22-20-38)41-25-31-45(32-26-41)53(44-29-23-40(24-30-44)37-13-5-2-6-14-37)50-18-10-9-16-46(50)43-28-34-51-49(35-43)48-33-27-42-15-7-8-17-47(42)52(48)54-51/h1-35H/i1D,3D,4D,11D,12D,19D,20D,21D,22D,25D,26D,31D,32D. The Bertz CT molecular complexity index is 3600. The van der Waals surface area contributed by atoms with Gasteiger partial charge >= 0.3 is 0 Å². The number of para-hydroxylation sites is 1. The van der Waals surface area contributed by atoms with Crippen LogP contribution in [0.4, 0.5) is 17.1 Å². The molecule has 0 spiro atoms. The minimum Gasteiger partial charge on any atom is -0.455 e. The van der Waals surface area contributed by atoms with Crippen LogP contribution in [0.5, 0.6) is 0 Å². The average molecular weight is 703 g/mol. The lowest BCUT2D eigenvalue weighted by atomic mass is 9.98. The van der Waals surface area contributed by atoms with Crippen LogP contribution >= 0.6 is 0 Å². The monoisotopic (exact) mass is 702 g/mol. The van der Waals surface area contributed by atoms with Crippen molar-refractivity contribution in [2.45, 2.75) is 0 Å². The number of fused-ring (bicyclic) bond motifs is 5. The Morgan fingerprint density at radius 1 is 0.389 bits per heavy atom. The Morgan fingerprint density at radius 3 is 1.76 bits per heavy atom. The molecular formula is C52H35NO. The van der Waals surface area contributed by atoms with Gasteiger partial charge in [-0.1, -0.05) is 164 Å². The Hall–Kier alpha value is -7.16. The van der Waals surface area contributed by atoms with Crippen LogP contribution in [-0.4, -0.2) is 0 Å². The number of hydrogen-bond donors (Lipinski definition) is 0. The molecule has 0 saturated carbocycles. The zero-order valence-corrected chi connectivity index (χ0v) is 28.6. The van der Waals surface area contributed by atoms with Gasteiger partial charge in [-0.15, -0.1) is 0 Å². The first-order valence-electron chi connectivity index (χ1n) is 23.9. The zero-order valence-electron chi connectivity index (χ0n) is 41.6. The summed E-state index contributed by atoms with van der Waals surface area (Å²) in [4.78, 5) is 1.65. The summed E-state index contributed by atoms with van der Waals surface area (Å²) >= 11 is 0. The quantitative estimate of drug-likeness (QED) is 0.164. The molecule has 10 rings (SSSR count). The van der Waals surface area contributed by atoms with E-state index in [9.17, 15) is 5.48 Å². The highest BCUT2D eigenvalue weighted by Crippen LogP contribution is 2.43. The van der Waals surface area contributed by atoms with Gasteiger partial charge in [-0.3, -0.25) is 0 Å². The molecule has 1 aromatic heterocycles. The first-order valence-corrected chi connectivity index (χ1v) is 17.4. The molecule has 0 bridgehead atoms. The van der Waals surface area contributed by atoms with E-state index in [1.54, 1.807) is 4.90 Å². The van der Waals surface area contributed by atoms with Crippen molar-refractivity contribution < 1.29 is 22.2 Å². The van der Waals surface area contributed by atoms with E-state index in [0.29, 0.717) is 22.5 Å². The Labute approximate surface area is 333 Å². The summed E-state index contributed by atoms with van der Waals surface area (Å²) in [7, 11) is 0. The van der Waals surface area contributed by atoms with Crippen LogP contribution in [-0.2, 0) is 0 Å². The van der Waals surface area contributed by atoms with Crippen molar-refractivity contribution >= 4 is 49.8 Å². The van der Waals surface area contributed by atoms with Gasteiger partial charge in [0.25, 0.3) is 0 Å². The third kappa shape index (κ3) is 5.71. The highest BCUT2D eigenvalue weighted by Gasteiger charge is 2.19. The minimum atomic E-state index is -0.778. The van der Waals surface area contributed by atoms with Crippen LogP contribution in [0.1, 0.15) is 17.8 Å². The van der Waals surface area contributed by atoms with Crippen molar-refractivity contribution in [1.82, 2.24) is 0 Å². The average Bonchev–Trinajstić information content (AvgIpc) is 3.74. The Kier molecular flexibility index (Phi) is 5.17. The second-order valence-electron chi connectivity index (χ2n) is 12.7. The maximum absolute atomic E-state index is 9.63. The molecule has 10 aromatic rings. The SMILES string of the molecule is [2H]c1c([2H])c([2H])c(-c2c([2H])c([2H])c(-c3c([2H])c([2H])c(N(c4ccc(-c5ccccc5)cc4)c4ccccc4-c4ccc5oc6c7ccccc7ccc6c5c4)c([2H])c3[2H])c([2H])c2[2H])c([2H])c1[2H]. The van der Waals surface area contributed by atoms with E-state index in [4.69, 9.17) is 16.8 Å². The van der Waals surface area contributed by atoms with Crippen molar-refractivity contribution in [1.29, 1.82) is 0 Å². The Morgan fingerprint density at radius 2 is 1.00 bits per heavy atom. The number of nitrogens with zero attached hydrogens (tertiary/aromatic N) is 1. The lowest BCUT2D eigenvalue weighted by Crippen LogP contribution is -2.11. The van der Waals surface area contributed by atoms with Crippen LogP contribution in [0.2, 0.25) is 0 Å². The zero-order chi connectivity index (χ0) is 47.2. The topological polar surface area (TPSA) is 16.4 Å². The summed E-state index contributed by atoms with van der Waals surface area (Å²) < 4.78 is 122. The summed E-state index contributed by atoms with van der Waals surface area (Å²) in [5.74, 6) is 0. The van der Waals surface area contributed by atoms with Crippen molar-refractivity contribution in [2.24, 2.45) is 0 Å². The van der Waals surface area contributed by atoms with Crippen LogP contribution in [0.25, 0.3) is 77.2 Å². The molecule has 0 amide bonds. The third-order valence-electron chi connectivity index (χ3n) is 9.51. The second kappa shape index (κ2) is 13.4. The fourth-order valence-electron chi connectivity index (χ4n) is 6.89. The summed E-state index contributed by atoms with van der Waals surface area (Å²) in [6.07, 6.45) is 0. The number of rotatable bonds is 7. The van der Waals surface area contributed by atoms with Crippen molar-refractivity contribution in [3.63, 3.8) is 0 Å². The third-order valence-corrected chi connectivity index (χ3v) is 9.51. The minimum absolute atomic E-state index is 0.147. The van der Waals surface area contributed by atoms with Crippen LogP contribution in [0.3, 0.4) is 0 Å². The smallest absolute Gasteiger partial charge is 0.143 e. The molecule has 1 heterocycles. The second-order valence-corrected chi connectivity index (χ2v) is 12.7. The van der Waals surface area contributed by atoms with Gasteiger partial charge in [0.2, 0.25) is 0 Å². The summed E-state index contributed by atoms with van der Waals surface area (Å²) in [5.41, 5.74) is 3.49. The highest BCUT2D eigenvalue weighted by molar-refractivity contribution is 6.15. The van der Waals surface area contributed by atoms with Gasteiger partial charge < -0.3 is 9.32 Å². The Balaban J connectivity index is 1.18. The fourth-order valence-corrected chi connectivity index (χ4v) is 6.89. The number of anilines is 3. The van der Waals surface area contributed by atoms with Crippen molar-refractivity contribution in [3.8, 4) is 44.5 Å². The first-order chi connectivity index (χ1) is 32.2. The molecule has 0 N–H and O–H groups in total. The normalized spacial score (nSPS) is 14.7. The summed E-state index contributed by atoms with van der Waals surface area (Å²) in [6.45, 7) is 0. The lowest BCUT2D eigenvalue weighted by Gasteiger charge is -2.28. The van der Waals surface area contributed by atoms with Crippen molar-refractivity contribution in [3.05, 3.63) is 212 Å². The molecule has 0 atom stereocenters. The molecular weight excluding hydrogens is 655 g/mol. The van der Waals surface area contributed by atoms with E-state index in [1.165, 1.54) is 0 Å². The van der Waals surface area contributed by atoms with E-state index in [2.05, 4.69) is 6.07 Å². The number of hydrogen-bond acceptors (Lipinski definition) is 2. The largest absolute Gasteiger partial charge is 0.455 e. The van der Waals surface area contributed by atoms with E-state index in [1.807, 2.05) is 127 Å².